The van der Waals surface area contributed by atoms with E-state index in [0.717, 1.165) is 0 Å². The average molecular weight is 263 g/mol. The van der Waals surface area contributed by atoms with Gasteiger partial charge in [0.25, 0.3) is 0 Å². The molecule has 2 aliphatic rings. The van der Waals surface area contributed by atoms with Gasteiger partial charge in [-0.05, 0) is 0 Å². The Labute approximate surface area is 97.4 Å². The van der Waals surface area contributed by atoms with Crippen LogP contribution >= 0.6 is 0 Å². The number of hydrogen-bond donors (Lipinski definition) is 0. The molecule has 0 nitrogen and oxygen atoms in total. The molecule has 1 heteroatoms. The van der Waals surface area contributed by atoms with Crippen molar-refractivity contribution in [3.8, 4) is 0 Å². The molecule has 0 saturated heterocycles. The van der Waals surface area contributed by atoms with Gasteiger partial charge in [-0.3, -0.25) is 0 Å². The van der Waals surface area contributed by atoms with Crippen LogP contribution in [0.3, 0.4) is 0 Å². The predicted molar refractivity (Wildman–Crippen MR) is 67.0 cm³/mol. The normalized spacial score (nSPS) is 20.5. The van der Waals surface area contributed by atoms with Crippen LogP contribution in [0.4, 0.5) is 0 Å². The molecule has 0 saturated carbocycles. The molecule has 0 amide bonds. The van der Waals surface area contributed by atoms with Crippen molar-refractivity contribution in [1.82, 2.24) is 0 Å². The van der Waals surface area contributed by atoms with Crippen LogP contribution in [0.1, 0.15) is 49.7 Å². The second kappa shape index (κ2) is 4.15. The molecule has 1 heterocycles. The quantitative estimate of drug-likeness (QED) is 0.710. The van der Waals surface area contributed by atoms with E-state index in [4.69, 9.17) is 0 Å². The van der Waals surface area contributed by atoms with Gasteiger partial charge in [0.05, 0.1) is 0 Å². The van der Waals surface area contributed by atoms with Crippen LogP contribution in [0.15, 0.2) is 22.0 Å². The molecule has 0 atom stereocenters. The van der Waals surface area contributed by atoms with Crippen LogP contribution in [-0.2, 0) is 0 Å². The molecule has 1 aromatic heterocycles. The minimum absolute atomic E-state index is 0.623. The van der Waals surface area contributed by atoms with Crippen LogP contribution in [0, 0.1) is 0 Å². The third-order valence-electron chi connectivity index (χ3n) is 3.44. The van der Waals surface area contributed by atoms with Crippen molar-refractivity contribution < 1.29 is 0 Å². The second-order valence-electron chi connectivity index (χ2n) is 4.44. The fourth-order valence-corrected chi connectivity index (χ4v) is 4.51. The summed E-state index contributed by atoms with van der Waals surface area (Å²) in [6.45, 7) is 0. The first-order valence-corrected chi connectivity index (χ1v) is 7.88. The molecule has 0 spiro atoms. The zero-order valence-electron chi connectivity index (χ0n) is 8.96. The first-order valence-electron chi connectivity index (χ1n) is 5.90. The van der Waals surface area contributed by atoms with Crippen LogP contribution in [-0.4, -0.2) is 14.5 Å². The summed E-state index contributed by atoms with van der Waals surface area (Å²) in [7, 11) is 0. The van der Waals surface area contributed by atoms with E-state index in [-0.39, 0.29) is 0 Å². The van der Waals surface area contributed by atoms with E-state index in [9.17, 15) is 0 Å². The Bertz CT molecular complexity index is 382. The van der Waals surface area contributed by atoms with Crippen LogP contribution in [0.5, 0.6) is 0 Å². The maximum absolute atomic E-state index is 2.48. The Kier molecular flexibility index (Phi) is 2.68. The summed E-state index contributed by atoms with van der Waals surface area (Å²) in [4.78, 5) is 4.97. The van der Waals surface area contributed by atoms with Gasteiger partial charge < -0.3 is 0 Å². The molecule has 2 aliphatic carbocycles. The molecule has 0 radical (unpaired) electrons. The second-order valence-corrected chi connectivity index (χ2v) is 6.00. The molecule has 0 bridgehead atoms. The third kappa shape index (κ3) is 1.79. The van der Waals surface area contributed by atoms with Gasteiger partial charge in [0.15, 0.2) is 0 Å². The van der Waals surface area contributed by atoms with E-state index in [2.05, 4.69) is 22.0 Å². The molecule has 1 aromatic rings. The summed E-state index contributed by atoms with van der Waals surface area (Å²) in [5.41, 5.74) is 6.46. The van der Waals surface area contributed by atoms with Gasteiger partial charge in [-0.1, -0.05) is 0 Å². The van der Waals surface area contributed by atoms with Crippen molar-refractivity contribution in [3.63, 3.8) is 0 Å². The van der Waals surface area contributed by atoms with Crippen molar-refractivity contribution in [2.75, 3.05) is 0 Å². The topological polar surface area (TPSA) is 0 Å². The zero-order chi connectivity index (χ0) is 10.1. The molecule has 3 rings (SSSR count). The summed E-state index contributed by atoms with van der Waals surface area (Å²) in [6, 6.07) is 0. The van der Waals surface area contributed by atoms with Crippen molar-refractivity contribution >= 4 is 25.6 Å². The number of rotatable bonds is 2. The molecule has 0 aromatic carbocycles. The SMILES string of the molecule is C1=C(c2c[se]cc2C2=CCCC2)CCC1. The van der Waals surface area contributed by atoms with E-state index >= 15 is 0 Å². The summed E-state index contributed by atoms with van der Waals surface area (Å²) in [5, 5.41) is 0. The minimum atomic E-state index is 0.623. The van der Waals surface area contributed by atoms with Gasteiger partial charge in [0.2, 0.25) is 0 Å². The zero-order valence-corrected chi connectivity index (χ0v) is 10.7. The Balaban J connectivity index is 1.98. The van der Waals surface area contributed by atoms with E-state index in [0.29, 0.717) is 14.5 Å². The maximum atomic E-state index is 2.48. The fourth-order valence-electron chi connectivity index (χ4n) is 2.63. The molecular weight excluding hydrogens is 247 g/mol. The van der Waals surface area contributed by atoms with Gasteiger partial charge in [-0.25, -0.2) is 0 Å². The van der Waals surface area contributed by atoms with Gasteiger partial charge in [0, 0.05) is 0 Å². The molecule has 78 valence electrons. The molecule has 0 fully saturated rings. The van der Waals surface area contributed by atoms with Gasteiger partial charge >= 0.3 is 97.3 Å². The number of hydrogen-bond acceptors (Lipinski definition) is 0. The van der Waals surface area contributed by atoms with Crippen molar-refractivity contribution in [2.45, 2.75) is 38.5 Å². The summed E-state index contributed by atoms with van der Waals surface area (Å²) in [6.07, 6.45) is 12.9. The molecule has 0 unspecified atom stereocenters. The van der Waals surface area contributed by atoms with Crippen molar-refractivity contribution in [1.29, 1.82) is 0 Å². The molecule has 15 heavy (non-hydrogen) atoms. The number of allylic oxidation sites excluding steroid dienone is 4. The van der Waals surface area contributed by atoms with Crippen LogP contribution < -0.4 is 0 Å². The standard InChI is InChI=1S/C14H16Se/c1-2-6-11(5-1)13-9-15-10-14(13)12-7-3-4-8-12/h5,7,9-10H,1-4,6,8H2. The first-order chi connectivity index (χ1) is 7.45. The van der Waals surface area contributed by atoms with Gasteiger partial charge in [-0.15, -0.1) is 0 Å². The van der Waals surface area contributed by atoms with E-state index in [1.165, 1.54) is 38.5 Å². The van der Waals surface area contributed by atoms with Crippen LogP contribution in [0.2, 0.25) is 0 Å². The van der Waals surface area contributed by atoms with E-state index in [1.807, 2.05) is 0 Å². The Morgan fingerprint density at radius 2 is 1.33 bits per heavy atom. The van der Waals surface area contributed by atoms with Crippen LogP contribution in [0.25, 0.3) is 11.1 Å². The monoisotopic (exact) mass is 264 g/mol. The predicted octanol–water partition coefficient (Wildman–Crippen LogP) is 3.88. The summed E-state index contributed by atoms with van der Waals surface area (Å²) < 4.78 is 0. The summed E-state index contributed by atoms with van der Waals surface area (Å²) >= 11 is 0.623. The van der Waals surface area contributed by atoms with Gasteiger partial charge in [-0.2, -0.15) is 0 Å². The van der Waals surface area contributed by atoms with Crippen molar-refractivity contribution in [3.05, 3.63) is 33.2 Å². The van der Waals surface area contributed by atoms with E-state index in [1.54, 1.807) is 22.3 Å². The Morgan fingerprint density at radius 1 is 0.800 bits per heavy atom. The van der Waals surface area contributed by atoms with Gasteiger partial charge in [0.1, 0.15) is 0 Å². The van der Waals surface area contributed by atoms with Crippen molar-refractivity contribution in [2.24, 2.45) is 0 Å². The summed E-state index contributed by atoms with van der Waals surface area (Å²) in [5.74, 6) is 0. The third-order valence-corrected chi connectivity index (χ3v) is 5.00. The first kappa shape index (κ1) is 9.69. The Morgan fingerprint density at radius 3 is 1.73 bits per heavy atom. The molecular formula is C14H16Se. The molecule has 0 aliphatic heterocycles. The Hall–Kier alpha value is -0.521. The average Bonchev–Trinajstić information content (AvgIpc) is 3.01. The fraction of sp³-hybridized carbons (Fsp3) is 0.429. The van der Waals surface area contributed by atoms with E-state index < -0.39 is 0 Å². The molecule has 0 N–H and O–H groups in total.